The number of ether oxygens (including phenoxy) is 1. The van der Waals surface area contributed by atoms with E-state index in [-0.39, 0.29) is 23.4 Å². The number of nitrogens with two attached hydrogens (primary N) is 1. The standard InChI is InChI=1S/C31H31F2N7O/c1-41-24-9-11-38(17-24)21-6-7-27(26(33)15-21)40-30(18-2-3-19(16-34)25(32)12-18)37-29-28(8-10-36-31(29)40)39-22-4-5-23(39)14-20(35)13-22/h2-3,6-8,10,12,15,20,22-24H,4-5,9,11,13-14,17,35H2,1H3. The fourth-order valence-corrected chi connectivity index (χ4v) is 6.98. The highest BCUT2D eigenvalue weighted by Gasteiger charge is 2.41. The fourth-order valence-electron chi connectivity index (χ4n) is 6.98. The predicted octanol–water partition coefficient (Wildman–Crippen LogP) is 4.92. The zero-order chi connectivity index (χ0) is 28.2. The number of piperidine rings is 1. The molecule has 8 nitrogen and oxygen atoms in total. The first kappa shape index (κ1) is 25.9. The fraction of sp³-hybridized carbons (Fsp3) is 0.387. The van der Waals surface area contributed by atoms with Crippen LogP contribution in [0.3, 0.4) is 0 Å². The summed E-state index contributed by atoms with van der Waals surface area (Å²) in [6, 6.07) is 14.1. The van der Waals surface area contributed by atoms with Gasteiger partial charge >= 0.3 is 0 Å². The minimum absolute atomic E-state index is 0.0630. The van der Waals surface area contributed by atoms with Crippen LogP contribution >= 0.6 is 0 Å². The molecule has 0 radical (unpaired) electrons. The van der Waals surface area contributed by atoms with E-state index in [4.69, 9.17) is 15.5 Å². The lowest BCUT2D eigenvalue weighted by atomic mass is 9.97. The number of hydrogen-bond acceptors (Lipinski definition) is 7. The molecule has 3 unspecified atom stereocenters. The molecule has 2 N–H and O–H groups in total. The average molecular weight is 556 g/mol. The molecule has 5 heterocycles. The van der Waals surface area contributed by atoms with E-state index in [0.717, 1.165) is 50.0 Å². The molecule has 3 aliphatic heterocycles. The SMILES string of the molecule is COC1CCN(c2ccc(-n3c(-c4ccc(C#N)c(F)c4)nc4c(N5C6CCC5CC(N)C6)ccnc43)c(F)c2)C1. The number of benzene rings is 2. The number of aromatic nitrogens is 3. The summed E-state index contributed by atoms with van der Waals surface area (Å²) in [5.41, 5.74) is 9.81. The smallest absolute Gasteiger partial charge is 0.167 e. The molecule has 3 saturated heterocycles. The molecule has 41 heavy (non-hydrogen) atoms. The van der Waals surface area contributed by atoms with Crippen molar-refractivity contribution in [3.05, 3.63) is 65.9 Å². The Morgan fingerprint density at radius 2 is 1.80 bits per heavy atom. The van der Waals surface area contributed by atoms with Crippen molar-refractivity contribution in [2.75, 3.05) is 30.0 Å². The first-order valence-electron chi connectivity index (χ1n) is 14.1. The summed E-state index contributed by atoms with van der Waals surface area (Å²) >= 11 is 0. The van der Waals surface area contributed by atoms with Crippen molar-refractivity contribution in [3.8, 4) is 23.1 Å². The zero-order valence-corrected chi connectivity index (χ0v) is 22.8. The average Bonchev–Trinajstić information content (AvgIpc) is 3.67. The number of halogens is 2. The van der Waals surface area contributed by atoms with E-state index < -0.39 is 11.6 Å². The van der Waals surface area contributed by atoms with Crippen LogP contribution in [-0.4, -0.2) is 59.0 Å². The Hall–Kier alpha value is -4.07. The third kappa shape index (κ3) is 4.31. The van der Waals surface area contributed by atoms with E-state index in [2.05, 4.69) is 14.8 Å². The molecular weight excluding hydrogens is 524 g/mol. The lowest BCUT2D eigenvalue weighted by Crippen LogP contribution is -2.47. The third-order valence-electron chi connectivity index (χ3n) is 8.94. The van der Waals surface area contributed by atoms with Gasteiger partial charge in [0.15, 0.2) is 5.65 Å². The molecule has 7 rings (SSSR count). The van der Waals surface area contributed by atoms with Gasteiger partial charge < -0.3 is 20.3 Å². The van der Waals surface area contributed by atoms with Crippen LogP contribution in [0.2, 0.25) is 0 Å². The van der Waals surface area contributed by atoms with E-state index in [1.807, 2.05) is 18.2 Å². The van der Waals surface area contributed by atoms with Crippen molar-refractivity contribution in [1.82, 2.24) is 14.5 Å². The van der Waals surface area contributed by atoms with Crippen molar-refractivity contribution in [1.29, 1.82) is 5.26 Å². The van der Waals surface area contributed by atoms with Crippen molar-refractivity contribution in [2.45, 2.75) is 56.3 Å². The van der Waals surface area contributed by atoms with Crippen LogP contribution in [0, 0.1) is 23.0 Å². The summed E-state index contributed by atoms with van der Waals surface area (Å²) in [6.45, 7) is 1.49. The number of pyridine rings is 1. The molecule has 3 atom stereocenters. The Bertz CT molecular complexity index is 1670. The minimum Gasteiger partial charge on any atom is -0.380 e. The molecule has 2 bridgehead atoms. The topological polar surface area (TPSA) is 96.2 Å². The van der Waals surface area contributed by atoms with E-state index in [9.17, 15) is 9.65 Å². The maximum Gasteiger partial charge on any atom is 0.167 e. The lowest BCUT2D eigenvalue weighted by molar-refractivity contribution is 0.121. The maximum atomic E-state index is 16.0. The van der Waals surface area contributed by atoms with Crippen molar-refractivity contribution < 1.29 is 13.5 Å². The number of anilines is 2. The largest absolute Gasteiger partial charge is 0.380 e. The first-order chi connectivity index (χ1) is 19.9. The van der Waals surface area contributed by atoms with Gasteiger partial charge in [0, 0.05) is 55.8 Å². The van der Waals surface area contributed by atoms with Gasteiger partial charge in [-0.15, -0.1) is 0 Å². The quantitative estimate of drug-likeness (QED) is 0.373. The van der Waals surface area contributed by atoms with Gasteiger partial charge in [-0.25, -0.2) is 18.7 Å². The van der Waals surface area contributed by atoms with Gasteiger partial charge in [0.2, 0.25) is 0 Å². The normalized spacial score (nSPS) is 23.9. The summed E-state index contributed by atoms with van der Waals surface area (Å²) < 4.78 is 38.0. The molecule has 0 saturated carbocycles. The molecule has 4 aromatic rings. The maximum absolute atomic E-state index is 16.0. The Labute approximate surface area is 237 Å². The Morgan fingerprint density at radius 3 is 2.49 bits per heavy atom. The van der Waals surface area contributed by atoms with Crippen LogP contribution in [0.15, 0.2) is 48.7 Å². The second kappa shape index (κ2) is 10.1. The number of methoxy groups -OCH3 is 1. The molecule has 2 aromatic heterocycles. The lowest BCUT2D eigenvalue weighted by Gasteiger charge is -2.39. The molecule has 3 fully saturated rings. The summed E-state index contributed by atoms with van der Waals surface area (Å²) in [7, 11) is 1.69. The highest BCUT2D eigenvalue weighted by Crippen LogP contribution is 2.42. The van der Waals surface area contributed by atoms with Crippen molar-refractivity contribution in [3.63, 3.8) is 0 Å². The van der Waals surface area contributed by atoms with Crippen LogP contribution < -0.4 is 15.5 Å². The van der Waals surface area contributed by atoms with Gasteiger partial charge in [0.25, 0.3) is 0 Å². The summed E-state index contributed by atoms with van der Waals surface area (Å²) in [6.07, 6.45) is 6.68. The van der Waals surface area contributed by atoms with Crippen molar-refractivity contribution in [2.24, 2.45) is 5.73 Å². The van der Waals surface area contributed by atoms with Gasteiger partial charge in [0.1, 0.15) is 29.0 Å². The van der Waals surface area contributed by atoms with E-state index in [1.54, 1.807) is 30.0 Å². The summed E-state index contributed by atoms with van der Waals surface area (Å²) in [5.74, 6) is -0.733. The van der Waals surface area contributed by atoms with Gasteiger partial charge in [-0.1, -0.05) is 0 Å². The number of nitriles is 1. The third-order valence-corrected chi connectivity index (χ3v) is 8.94. The number of nitrogens with zero attached hydrogens (tertiary/aromatic N) is 6. The number of fused-ring (bicyclic) bond motifs is 3. The van der Waals surface area contributed by atoms with Gasteiger partial charge in [-0.2, -0.15) is 5.26 Å². The molecule has 2 aromatic carbocycles. The molecule has 3 aliphatic rings. The molecule has 0 spiro atoms. The van der Waals surface area contributed by atoms with Crippen LogP contribution in [0.4, 0.5) is 20.2 Å². The van der Waals surface area contributed by atoms with E-state index in [1.165, 1.54) is 18.2 Å². The molecular formula is C31H31F2N7O. The second-order valence-electron chi connectivity index (χ2n) is 11.3. The Kier molecular flexibility index (Phi) is 6.36. The van der Waals surface area contributed by atoms with Crippen LogP contribution in [0.1, 0.15) is 37.7 Å². The van der Waals surface area contributed by atoms with Gasteiger partial charge in [0.05, 0.1) is 23.0 Å². The highest BCUT2D eigenvalue weighted by atomic mass is 19.1. The first-order valence-corrected chi connectivity index (χ1v) is 14.1. The molecule has 0 aliphatic carbocycles. The monoisotopic (exact) mass is 555 g/mol. The van der Waals surface area contributed by atoms with Crippen LogP contribution in [-0.2, 0) is 4.74 Å². The molecule has 10 heteroatoms. The molecule has 210 valence electrons. The molecule has 0 amide bonds. The van der Waals surface area contributed by atoms with Crippen LogP contribution in [0.25, 0.3) is 28.2 Å². The van der Waals surface area contributed by atoms with Gasteiger partial charge in [-0.05, 0) is 74.6 Å². The zero-order valence-electron chi connectivity index (χ0n) is 22.8. The second-order valence-corrected chi connectivity index (χ2v) is 11.3. The number of rotatable bonds is 5. The van der Waals surface area contributed by atoms with Crippen LogP contribution in [0.5, 0.6) is 0 Å². The predicted molar refractivity (Wildman–Crippen MR) is 153 cm³/mol. The van der Waals surface area contributed by atoms with E-state index >= 15 is 4.39 Å². The highest BCUT2D eigenvalue weighted by molar-refractivity contribution is 5.91. The van der Waals surface area contributed by atoms with E-state index in [0.29, 0.717) is 41.2 Å². The minimum atomic E-state index is -0.655. The number of imidazole rings is 1. The van der Waals surface area contributed by atoms with Gasteiger partial charge in [-0.3, -0.25) is 4.57 Å². The summed E-state index contributed by atoms with van der Waals surface area (Å²) in [5, 5.41) is 9.27. The van der Waals surface area contributed by atoms with Crippen molar-refractivity contribution >= 4 is 22.5 Å². The summed E-state index contributed by atoms with van der Waals surface area (Å²) in [4.78, 5) is 14.2. The number of hydrogen-bond donors (Lipinski definition) is 1. The Morgan fingerprint density at radius 1 is 1.00 bits per heavy atom. The Balaban J connectivity index is 1.39.